The molecule has 0 aliphatic carbocycles. The van der Waals surface area contributed by atoms with Gasteiger partial charge in [0, 0.05) is 12.1 Å². The fourth-order valence-electron chi connectivity index (χ4n) is 2.28. The number of nitrogens with one attached hydrogen (secondary N) is 1. The normalized spacial score (nSPS) is 22.9. The second-order valence-corrected chi connectivity index (χ2v) is 5.15. The van der Waals surface area contributed by atoms with Crippen LogP contribution in [0.25, 0.3) is 0 Å². The van der Waals surface area contributed by atoms with Gasteiger partial charge in [0.2, 0.25) is 0 Å². The summed E-state index contributed by atoms with van der Waals surface area (Å²) in [6, 6.07) is 8.22. The van der Waals surface area contributed by atoms with Gasteiger partial charge in [0.15, 0.2) is 0 Å². The summed E-state index contributed by atoms with van der Waals surface area (Å²) in [7, 11) is 0. The molecule has 94 valence electrons. The largest absolute Gasteiger partial charge is 0.486 e. The minimum Gasteiger partial charge on any atom is -0.486 e. The summed E-state index contributed by atoms with van der Waals surface area (Å²) >= 11 is 0. The first-order valence-electron chi connectivity index (χ1n) is 6.24. The number of fused-ring (bicyclic) bond motifs is 1. The Hall–Kier alpha value is -1.06. The molecule has 0 aromatic heterocycles. The molecule has 1 aliphatic heterocycles. The van der Waals surface area contributed by atoms with Crippen LogP contribution in [0.2, 0.25) is 0 Å². The first kappa shape index (κ1) is 12.4. The van der Waals surface area contributed by atoms with Gasteiger partial charge in [-0.1, -0.05) is 25.1 Å². The zero-order valence-electron chi connectivity index (χ0n) is 10.7. The molecule has 1 heterocycles. The van der Waals surface area contributed by atoms with Crippen LogP contribution in [0, 0.1) is 0 Å². The van der Waals surface area contributed by atoms with Crippen LogP contribution in [0.4, 0.5) is 0 Å². The van der Waals surface area contributed by atoms with E-state index < -0.39 is 0 Å². The van der Waals surface area contributed by atoms with E-state index in [4.69, 9.17) is 4.74 Å². The summed E-state index contributed by atoms with van der Waals surface area (Å²) in [5, 5.41) is 13.0. The van der Waals surface area contributed by atoms with Crippen molar-refractivity contribution >= 4 is 0 Å². The number of aliphatic hydroxyl groups excluding tert-OH is 1. The lowest BCUT2D eigenvalue weighted by atomic mass is 9.94. The van der Waals surface area contributed by atoms with Gasteiger partial charge >= 0.3 is 0 Å². The molecular formula is C14H21NO2. The van der Waals surface area contributed by atoms with E-state index in [0.717, 1.165) is 12.2 Å². The van der Waals surface area contributed by atoms with Gasteiger partial charge in [-0.25, -0.2) is 0 Å². The van der Waals surface area contributed by atoms with Gasteiger partial charge in [0.25, 0.3) is 0 Å². The Kier molecular flexibility index (Phi) is 3.40. The minimum absolute atomic E-state index is 0.139. The van der Waals surface area contributed by atoms with Crippen molar-refractivity contribution in [2.45, 2.75) is 44.9 Å². The molecule has 1 aromatic carbocycles. The number of para-hydroxylation sites is 1. The standard InChI is InChI=1S/C14H21NO2/c1-4-10(16)9-15-13-11-7-5-6-8-12(11)17-14(13,2)3/h5-8,10,13,15-16H,4,9H2,1-3H3. The van der Waals surface area contributed by atoms with E-state index in [0.29, 0.717) is 6.54 Å². The zero-order chi connectivity index (χ0) is 12.5. The van der Waals surface area contributed by atoms with Gasteiger partial charge in [-0.15, -0.1) is 0 Å². The number of rotatable bonds is 4. The number of aliphatic hydroxyl groups is 1. The molecule has 0 fully saturated rings. The van der Waals surface area contributed by atoms with Gasteiger partial charge < -0.3 is 15.2 Å². The molecule has 0 spiro atoms. The molecule has 1 aliphatic rings. The third-order valence-corrected chi connectivity index (χ3v) is 3.33. The highest BCUT2D eigenvalue weighted by Crippen LogP contribution is 2.42. The van der Waals surface area contributed by atoms with Crippen LogP contribution in [-0.4, -0.2) is 23.4 Å². The quantitative estimate of drug-likeness (QED) is 0.841. The highest BCUT2D eigenvalue weighted by molar-refractivity contribution is 5.42. The molecule has 0 bridgehead atoms. The molecular weight excluding hydrogens is 214 g/mol. The number of benzene rings is 1. The molecule has 0 saturated heterocycles. The van der Waals surface area contributed by atoms with E-state index in [1.54, 1.807) is 0 Å². The van der Waals surface area contributed by atoms with Crippen molar-refractivity contribution in [3.8, 4) is 5.75 Å². The molecule has 0 saturated carbocycles. The fraction of sp³-hybridized carbons (Fsp3) is 0.571. The average molecular weight is 235 g/mol. The Morgan fingerprint density at radius 3 is 2.82 bits per heavy atom. The second kappa shape index (κ2) is 4.67. The van der Waals surface area contributed by atoms with Crippen LogP contribution in [0.1, 0.15) is 38.8 Å². The Labute approximate surface area is 103 Å². The van der Waals surface area contributed by atoms with E-state index >= 15 is 0 Å². The third kappa shape index (κ3) is 2.45. The minimum atomic E-state index is -0.293. The highest BCUT2D eigenvalue weighted by Gasteiger charge is 2.40. The summed E-state index contributed by atoms with van der Waals surface area (Å²) < 4.78 is 5.93. The van der Waals surface area contributed by atoms with Crippen LogP contribution in [0.15, 0.2) is 24.3 Å². The van der Waals surface area contributed by atoms with Crippen LogP contribution < -0.4 is 10.1 Å². The summed E-state index contributed by atoms with van der Waals surface area (Å²) in [5.74, 6) is 0.945. The maximum atomic E-state index is 9.63. The molecule has 0 amide bonds. The van der Waals surface area contributed by atoms with Crippen molar-refractivity contribution in [1.82, 2.24) is 5.32 Å². The molecule has 2 rings (SSSR count). The van der Waals surface area contributed by atoms with Crippen LogP contribution in [-0.2, 0) is 0 Å². The van der Waals surface area contributed by atoms with Crippen molar-refractivity contribution in [3.05, 3.63) is 29.8 Å². The Bertz CT molecular complexity index is 390. The lowest BCUT2D eigenvalue weighted by Gasteiger charge is -2.28. The van der Waals surface area contributed by atoms with Gasteiger partial charge in [0.05, 0.1) is 12.1 Å². The van der Waals surface area contributed by atoms with E-state index in [2.05, 4.69) is 25.2 Å². The summed E-state index contributed by atoms with van der Waals surface area (Å²) in [4.78, 5) is 0. The zero-order valence-corrected chi connectivity index (χ0v) is 10.7. The van der Waals surface area contributed by atoms with Gasteiger partial charge in [-0.2, -0.15) is 0 Å². The molecule has 0 radical (unpaired) electrons. The van der Waals surface area contributed by atoms with Crippen molar-refractivity contribution in [1.29, 1.82) is 0 Å². The second-order valence-electron chi connectivity index (χ2n) is 5.15. The molecule has 1 aromatic rings. The smallest absolute Gasteiger partial charge is 0.125 e. The number of hydrogen-bond donors (Lipinski definition) is 2. The van der Waals surface area contributed by atoms with Crippen molar-refractivity contribution in [2.24, 2.45) is 0 Å². The third-order valence-electron chi connectivity index (χ3n) is 3.33. The van der Waals surface area contributed by atoms with Gasteiger partial charge in [-0.05, 0) is 26.3 Å². The topological polar surface area (TPSA) is 41.5 Å². The van der Waals surface area contributed by atoms with Gasteiger partial charge in [-0.3, -0.25) is 0 Å². The summed E-state index contributed by atoms with van der Waals surface area (Å²) in [5.41, 5.74) is 0.915. The monoisotopic (exact) mass is 235 g/mol. The van der Waals surface area contributed by atoms with E-state index in [1.807, 2.05) is 25.1 Å². The summed E-state index contributed by atoms with van der Waals surface area (Å²) in [6.07, 6.45) is 0.474. The average Bonchev–Trinajstić information content (AvgIpc) is 2.56. The Morgan fingerprint density at radius 1 is 1.41 bits per heavy atom. The van der Waals surface area contributed by atoms with Crippen molar-refractivity contribution < 1.29 is 9.84 Å². The Balaban J connectivity index is 2.14. The van der Waals surface area contributed by atoms with Crippen molar-refractivity contribution in [3.63, 3.8) is 0 Å². The van der Waals surface area contributed by atoms with Crippen molar-refractivity contribution in [2.75, 3.05) is 6.54 Å². The highest BCUT2D eigenvalue weighted by atomic mass is 16.5. The number of hydrogen-bond acceptors (Lipinski definition) is 3. The molecule has 2 unspecified atom stereocenters. The lowest BCUT2D eigenvalue weighted by molar-refractivity contribution is 0.0851. The molecule has 3 nitrogen and oxygen atoms in total. The maximum Gasteiger partial charge on any atom is 0.125 e. The van der Waals surface area contributed by atoms with Crippen LogP contribution in [0.5, 0.6) is 5.75 Å². The molecule has 17 heavy (non-hydrogen) atoms. The predicted octanol–water partition coefficient (Wildman–Crippen LogP) is 2.26. The van der Waals surface area contributed by atoms with E-state index in [1.165, 1.54) is 5.56 Å². The lowest BCUT2D eigenvalue weighted by Crippen LogP contribution is -2.41. The predicted molar refractivity (Wildman–Crippen MR) is 68.2 cm³/mol. The Morgan fingerprint density at radius 2 is 2.12 bits per heavy atom. The number of ether oxygens (including phenoxy) is 1. The fourth-order valence-corrected chi connectivity index (χ4v) is 2.28. The van der Waals surface area contributed by atoms with Crippen LogP contribution >= 0.6 is 0 Å². The summed E-state index contributed by atoms with van der Waals surface area (Å²) in [6.45, 7) is 6.73. The first-order valence-corrected chi connectivity index (χ1v) is 6.24. The SMILES string of the molecule is CCC(O)CNC1c2ccccc2OC1(C)C. The van der Waals surface area contributed by atoms with Gasteiger partial charge in [0.1, 0.15) is 11.4 Å². The van der Waals surface area contributed by atoms with E-state index in [9.17, 15) is 5.11 Å². The molecule has 3 heteroatoms. The maximum absolute atomic E-state index is 9.63. The molecule has 2 N–H and O–H groups in total. The van der Waals surface area contributed by atoms with E-state index in [-0.39, 0.29) is 17.7 Å². The molecule has 2 atom stereocenters. The first-order chi connectivity index (χ1) is 8.04. The van der Waals surface area contributed by atoms with Crippen LogP contribution in [0.3, 0.4) is 0 Å².